The second-order valence-corrected chi connectivity index (χ2v) is 6.99. The largest absolute Gasteiger partial charge is 0.310 e. The summed E-state index contributed by atoms with van der Waals surface area (Å²) in [6.45, 7) is 3.77. The Balaban J connectivity index is 1.51. The molecule has 1 aliphatic carbocycles. The Morgan fingerprint density at radius 3 is 2.76 bits per heavy atom. The van der Waals surface area contributed by atoms with E-state index in [0.29, 0.717) is 6.04 Å². The van der Waals surface area contributed by atoms with Crippen molar-refractivity contribution >= 4 is 0 Å². The summed E-state index contributed by atoms with van der Waals surface area (Å²) in [7, 11) is 2.25. The van der Waals surface area contributed by atoms with Crippen LogP contribution in [0.5, 0.6) is 0 Å². The maximum absolute atomic E-state index is 3.86. The summed E-state index contributed by atoms with van der Waals surface area (Å²) in [4.78, 5) is 2.46. The van der Waals surface area contributed by atoms with Gasteiger partial charge in [-0.15, -0.1) is 0 Å². The van der Waals surface area contributed by atoms with E-state index in [1.54, 1.807) is 11.1 Å². The zero-order valence-corrected chi connectivity index (χ0v) is 13.5. The highest BCUT2D eigenvalue weighted by Crippen LogP contribution is 2.28. The standard InChI is InChI=1S/C19H30N2/c1-21-14-11-16(12-15-21)10-13-20-19-9-5-3-7-17-6-2-4-8-18(17)19/h2,4,6,8,16,19-20H,3,5,7,9-15H2,1H3. The first-order valence-corrected chi connectivity index (χ1v) is 8.82. The molecule has 1 saturated heterocycles. The van der Waals surface area contributed by atoms with E-state index < -0.39 is 0 Å². The minimum atomic E-state index is 0.593. The number of fused-ring (bicyclic) bond motifs is 1. The van der Waals surface area contributed by atoms with Crippen molar-refractivity contribution in [3.63, 3.8) is 0 Å². The number of nitrogens with zero attached hydrogens (tertiary/aromatic N) is 1. The minimum absolute atomic E-state index is 0.593. The van der Waals surface area contributed by atoms with E-state index in [9.17, 15) is 0 Å². The highest BCUT2D eigenvalue weighted by atomic mass is 15.1. The van der Waals surface area contributed by atoms with E-state index in [1.165, 1.54) is 64.6 Å². The van der Waals surface area contributed by atoms with Gasteiger partial charge in [0.15, 0.2) is 0 Å². The van der Waals surface area contributed by atoms with E-state index in [4.69, 9.17) is 0 Å². The number of likely N-dealkylation sites (tertiary alicyclic amines) is 1. The number of rotatable bonds is 4. The van der Waals surface area contributed by atoms with E-state index in [-0.39, 0.29) is 0 Å². The molecule has 0 saturated carbocycles. The summed E-state index contributed by atoms with van der Waals surface area (Å²) in [5.74, 6) is 0.940. The van der Waals surface area contributed by atoms with Crippen molar-refractivity contribution < 1.29 is 0 Å². The molecule has 1 aromatic rings. The van der Waals surface area contributed by atoms with Crippen LogP contribution in [-0.4, -0.2) is 31.6 Å². The molecule has 21 heavy (non-hydrogen) atoms. The van der Waals surface area contributed by atoms with Gasteiger partial charge in [0.1, 0.15) is 0 Å². The van der Waals surface area contributed by atoms with Gasteiger partial charge in [0.25, 0.3) is 0 Å². The van der Waals surface area contributed by atoms with Crippen LogP contribution in [-0.2, 0) is 6.42 Å². The van der Waals surface area contributed by atoms with E-state index >= 15 is 0 Å². The molecule has 0 amide bonds. The van der Waals surface area contributed by atoms with Crippen LogP contribution in [0.25, 0.3) is 0 Å². The summed E-state index contributed by atoms with van der Waals surface area (Å²) >= 11 is 0. The third-order valence-electron chi connectivity index (χ3n) is 5.40. The molecular formula is C19H30N2. The molecule has 2 aliphatic rings. The Labute approximate surface area is 129 Å². The lowest BCUT2D eigenvalue weighted by molar-refractivity contribution is 0.210. The molecule has 1 aromatic carbocycles. The lowest BCUT2D eigenvalue weighted by Crippen LogP contribution is -2.32. The molecule has 0 spiro atoms. The SMILES string of the molecule is CN1CCC(CCNC2CCCCc3ccccc32)CC1. The average molecular weight is 286 g/mol. The van der Waals surface area contributed by atoms with Crippen molar-refractivity contribution in [2.45, 2.75) is 51.0 Å². The third kappa shape index (κ3) is 4.08. The second-order valence-electron chi connectivity index (χ2n) is 6.99. The lowest BCUT2D eigenvalue weighted by atomic mass is 9.93. The number of hydrogen-bond acceptors (Lipinski definition) is 2. The molecule has 2 heteroatoms. The lowest BCUT2D eigenvalue weighted by Gasteiger charge is -2.29. The zero-order valence-electron chi connectivity index (χ0n) is 13.5. The van der Waals surface area contributed by atoms with E-state index in [1.807, 2.05) is 0 Å². The smallest absolute Gasteiger partial charge is 0.0322 e. The molecular weight excluding hydrogens is 256 g/mol. The monoisotopic (exact) mass is 286 g/mol. The predicted octanol–water partition coefficient (Wildman–Crippen LogP) is 3.78. The third-order valence-corrected chi connectivity index (χ3v) is 5.40. The molecule has 0 radical (unpaired) electrons. The summed E-state index contributed by atoms with van der Waals surface area (Å²) in [5, 5.41) is 3.86. The van der Waals surface area contributed by atoms with Crippen molar-refractivity contribution in [2.24, 2.45) is 5.92 Å². The molecule has 1 N–H and O–H groups in total. The molecule has 1 heterocycles. The van der Waals surface area contributed by atoms with Gasteiger partial charge in [0, 0.05) is 6.04 Å². The molecule has 1 unspecified atom stereocenters. The van der Waals surface area contributed by atoms with Gasteiger partial charge in [-0.3, -0.25) is 0 Å². The highest BCUT2D eigenvalue weighted by molar-refractivity contribution is 5.31. The van der Waals surface area contributed by atoms with Crippen LogP contribution in [0.1, 0.15) is 55.7 Å². The van der Waals surface area contributed by atoms with Gasteiger partial charge in [0.2, 0.25) is 0 Å². The number of nitrogens with one attached hydrogen (secondary N) is 1. The van der Waals surface area contributed by atoms with Crippen LogP contribution >= 0.6 is 0 Å². The first kappa shape index (κ1) is 15.1. The first-order valence-electron chi connectivity index (χ1n) is 8.82. The quantitative estimate of drug-likeness (QED) is 0.848. The van der Waals surface area contributed by atoms with Crippen LogP contribution < -0.4 is 5.32 Å². The van der Waals surface area contributed by atoms with Crippen LogP contribution in [0, 0.1) is 5.92 Å². The number of piperidine rings is 1. The summed E-state index contributed by atoms with van der Waals surface area (Å²) in [6, 6.07) is 9.66. The molecule has 0 bridgehead atoms. The van der Waals surface area contributed by atoms with Gasteiger partial charge in [0.05, 0.1) is 0 Å². The molecule has 1 atom stereocenters. The Morgan fingerprint density at radius 2 is 1.90 bits per heavy atom. The van der Waals surface area contributed by atoms with Crippen LogP contribution in [0.15, 0.2) is 24.3 Å². The van der Waals surface area contributed by atoms with Crippen molar-refractivity contribution in [1.82, 2.24) is 10.2 Å². The van der Waals surface area contributed by atoms with Crippen molar-refractivity contribution in [1.29, 1.82) is 0 Å². The molecule has 1 fully saturated rings. The number of hydrogen-bond donors (Lipinski definition) is 1. The highest BCUT2D eigenvalue weighted by Gasteiger charge is 2.19. The molecule has 0 aromatic heterocycles. The van der Waals surface area contributed by atoms with Gasteiger partial charge < -0.3 is 10.2 Å². The zero-order chi connectivity index (χ0) is 14.5. The fraction of sp³-hybridized carbons (Fsp3) is 0.684. The second kappa shape index (κ2) is 7.42. The molecule has 1 aliphatic heterocycles. The van der Waals surface area contributed by atoms with Crippen LogP contribution in [0.4, 0.5) is 0 Å². The Bertz CT molecular complexity index is 435. The van der Waals surface area contributed by atoms with Gasteiger partial charge in [-0.05, 0) is 82.3 Å². The van der Waals surface area contributed by atoms with Crippen LogP contribution in [0.2, 0.25) is 0 Å². The fourth-order valence-electron chi connectivity index (χ4n) is 3.95. The normalized spacial score (nSPS) is 24.5. The van der Waals surface area contributed by atoms with Gasteiger partial charge in [-0.25, -0.2) is 0 Å². The summed E-state index contributed by atoms with van der Waals surface area (Å²) < 4.78 is 0. The number of benzene rings is 1. The van der Waals surface area contributed by atoms with Gasteiger partial charge in [-0.1, -0.05) is 30.7 Å². The topological polar surface area (TPSA) is 15.3 Å². The van der Waals surface area contributed by atoms with Gasteiger partial charge >= 0.3 is 0 Å². The molecule has 116 valence electrons. The Kier molecular flexibility index (Phi) is 5.32. The average Bonchev–Trinajstić information content (AvgIpc) is 2.72. The van der Waals surface area contributed by atoms with Gasteiger partial charge in [-0.2, -0.15) is 0 Å². The maximum Gasteiger partial charge on any atom is 0.0322 e. The maximum atomic E-state index is 3.86. The predicted molar refractivity (Wildman–Crippen MR) is 89.6 cm³/mol. The van der Waals surface area contributed by atoms with Crippen molar-refractivity contribution in [3.05, 3.63) is 35.4 Å². The molecule has 2 nitrogen and oxygen atoms in total. The first-order chi connectivity index (χ1) is 10.3. The van der Waals surface area contributed by atoms with Crippen molar-refractivity contribution in [3.8, 4) is 0 Å². The van der Waals surface area contributed by atoms with Crippen LogP contribution in [0.3, 0.4) is 0 Å². The summed E-state index contributed by atoms with van der Waals surface area (Å²) in [5.41, 5.74) is 3.14. The van der Waals surface area contributed by atoms with E-state index in [0.717, 1.165) is 5.92 Å². The minimum Gasteiger partial charge on any atom is -0.310 e. The fourth-order valence-corrected chi connectivity index (χ4v) is 3.95. The Hall–Kier alpha value is -0.860. The summed E-state index contributed by atoms with van der Waals surface area (Å²) in [6.07, 6.45) is 9.42. The molecule has 3 rings (SSSR count). The van der Waals surface area contributed by atoms with E-state index in [2.05, 4.69) is 41.5 Å². The van der Waals surface area contributed by atoms with Crippen molar-refractivity contribution in [2.75, 3.05) is 26.7 Å². The Morgan fingerprint density at radius 1 is 1.10 bits per heavy atom. The number of aryl methyl sites for hydroxylation is 1.